The molecule has 0 unspecified atom stereocenters. The van der Waals surface area contributed by atoms with Gasteiger partial charge in [0, 0.05) is 45.0 Å². The number of amides is 1. The molecule has 11 heteroatoms. The summed E-state index contributed by atoms with van der Waals surface area (Å²) < 4.78 is 19.3. The SMILES string of the molecule is COC[C@@H](C)N(Cc1cnc(C2CC2)cn1)C(=O)c1cc2nc(N)c3c(c2n1COCC[Si](C)(C)C)COC3. The first-order chi connectivity index (χ1) is 18.7. The summed E-state index contributed by atoms with van der Waals surface area (Å²) in [6.45, 7) is 11.4. The zero-order valence-corrected chi connectivity index (χ0v) is 24.7. The number of carbonyl (C=O) groups is 1. The fourth-order valence-corrected chi connectivity index (χ4v) is 5.72. The Kier molecular flexibility index (Phi) is 8.04. The van der Waals surface area contributed by atoms with Gasteiger partial charge in [0.1, 0.15) is 18.2 Å². The first-order valence-electron chi connectivity index (χ1n) is 13.7. The number of fused-ring (bicyclic) bond motifs is 3. The van der Waals surface area contributed by atoms with E-state index in [0.29, 0.717) is 55.9 Å². The molecule has 5 rings (SSSR count). The van der Waals surface area contributed by atoms with Gasteiger partial charge in [0.2, 0.25) is 0 Å². The Hall–Kier alpha value is -2.86. The largest absolute Gasteiger partial charge is 0.383 e. The van der Waals surface area contributed by atoms with E-state index in [9.17, 15) is 4.79 Å². The van der Waals surface area contributed by atoms with Crippen LogP contribution < -0.4 is 5.73 Å². The van der Waals surface area contributed by atoms with E-state index < -0.39 is 8.07 Å². The quantitative estimate of drug-likeness (QED) is 0.261. The zero-order chi connectivity index (χ0) is 27.7. The normalized spacial score (nSPS) is 16.0. The van der Waals surface area contributed by atoms with Crippen LogP contribution in [0.2, 0.25) is 25.7 Å². The number of nitrogens with zero attached hydrogens (tertiary/aromatic N) is 5. The van der Waals surface area contributed by atoms with E-state index in [1.54, 1.807) is 18.2 Å². The Morgan fingerprint density at radius 3 is 2.67 bits per heavy atom. The van der Waals surface area contributed by atoms with Gasteiger partial charge in [0.05, 0.1) is 61.0 Å². The minimum absolute atomic E-state index is 0.148. The second-order valence-corrected chi connectivity index (χ2v) is 17.6. The topological polar surface area (TPSA) is 118 Å². The summed E-state index contributed by atoms with van der Waals surface area (Å²) in [4.78, 5) is 30.0. The van der Waals surface area contributed by atoms with E-state index in [1.807, 2.05) is 23.8 Å². The van der Waals surface area contributed by atoms with Gasteiger partial charge >= 0.3 is 0 Å². The molecule has 1 fully saturated rings. The molecule has 2 aliphatic rings. The molecular formula is C28H40N6O4Si. The van der Waals surface area contributed by atoms with Crippen LogP contribution in [-0.4, -0.2) is 64.8 Å². The second-order valence-electron chi connectivity index (χ2n) is 11.9. The predicted octanol–water partition coefficient (Wildman–Crippen LogP) is 4.31. The first-order valence-corrected chi connectivity index (χ1v) is 17.4. The Morgan fingerprint density at radius 1 is 1.23 bits per heavy atom. The van der Waals surface area contributed by atoms with Crippen molar-refractivity contribution >= 4 is 30.8 Å². The minimum Gasteiger partial charge on any atom is -0.383 e. The van der Waals surface area contributed by atoms with Crippen molar-refractivity contribution < 1.29 is 19.0 Å². The molecule has 0 spiro atoms. The average molecular weight is 553 g/mol. The molecule has 1 aliphatic carbocycles. The lowest BCUT2D eigenvalue weighted by atomic mass is 10.1. The number of hydrogen-bond donors (Lipinski definition) is 1. The summed E-state index contributed by atoms with van der Waals surface area (Å²) in [5.41, 5.74) is 11.9. The van der Waals surface area contributed by atoms with Crippen LogP contribution in [0.1, 0.15) is 58.7 Å². The van der Waals surface area contributed by atoms with Crippen LogP contribution in [-0.2, 0) is 40.7 Å². The molecule has 0 radical (unpaired) electrons. The van der Waals surface area contributed by atoms with Gasteiger partial charge < -0.3 is 29.4 Å². The van der Waals surface area contributed by atoms with E-state index >= 15 is 0 Å². The van der Waals surface area contributed by atoms with Crippen LogP contribution in [0.4, 0.5) is 5.82 Å². The molecule has 4 heterocycles. The molecule has 0 aromatic carbocycles. The van der Waals surface area contributed by atoms with Crippen molar-refractivity contribution in [2.24, 2.45) is 0 Å². The lowest BCUT2D eigenvalue weighted by Crippen LogP contribution is -2.41. The number of aromatic nitrogens is 4. The number of nitrogen functional groups attached to an aromatic ring is 1. The van der Waals surface area contributed by atoms with Crippen molar-refractivity contribution in [1.82, 2.24) is 24.4 Å². The van der Waals surface area contributed by atoms with Crippen molar-refractivity contribution in [3.8, 4) is 0 Å². The highest BCUT2D eigenvalue weighted by molar-refractivity contribution is 6.76. The maximum Gasteiger partial charge on any atom is 0.271 e. The van der Waals surface area contributed by atoms with Gasteiger partial charge in [-0.05, 0) is 31.9 Å². The van der Waals surface area contributed by atoms with Gasteiger partial charge in [-0.1, -0.05) is 19.6 Å². The summed E-state index contributed by atoms with van der Waals surface area (Å²) in [7, 11) is 0.371. The number of ether oxygens (including phenoxy) is 3. The molecular weight excluding hydrogens is 512 g/mol. The molecule has 3 aromatic heterocycles. The highest BCUT2D eigenvalue weighted by atomic mass is 28.3. The van der Waals surface area contributed by atoms with Crippen LogP contribution >= 0.6 is 0 Å². The van der Waals surface area contributed by atoms with Crippen LogP contribution in [0.15, 0.2) is 18.5 Å². The summed E-state index contributed by atoms with van der Waals surface area (Å²) in [6, 6.07) is 2.66. The van der Waals surface area contributed by atoms with Gasteiger partial charge in [-0.3, -0.25) is 14.8 Å². The van der Waals surface area contributed by atoms with Crippen LogP contribution in [0.3, 0.4) is 0 Å². The lowest BCUT2D eigenvalue weighted by molar-refractivity contribution is 0.0497. The van der Waals surface area contributed by atoms with E-state index in [4.69, 9.17) is 19.9 Å². The van der Waals surface area contributed by atoms with Crippen LogP contribution in [0.5, 0.6) is 0 Å². The van der Waals surface area contributed by atoms with Crippen molar-refractivity contribution in [3.05, 3.63) is 46.7 Å². The fraction of sp³-hybridized carbons (Fsp3) is 0.571. The number of anilines is 1. The molecule has 1 aliphatic heterocycles. The number of nitrogens with two attached hydrogens (primary N) is 1. The summed E-state index contributed by atoms with van der Waals surface area (Å²) in [5.74, 6) is 0.825. The molecule has 1 amide bonds. The summed E-state index contributed by atoms with van der Waals surface area (Å²) in [6.07, 6.45) is 5.97. The Bertz CT molecular complexity index is 1330. The van der Waals surface area contributed by atoms with E-state index in [-0.39, 0.29) is 18.7 Å². The fourth-order valence-electron chi connectivity index (χ4n) is 4.97. The monoisotopic (exact) mass is 552 g/mol. The molecule has 1 saturated carbocycles. The lowest BCUT2D eigenvalue weighted by Gasteiger charge is -2.29. The smallest absolute Gasteiger partial charge is 0.271 e. The van der Waals surface area contributed by atoms with Crippen molar-refractivity contribution in [2.75, 3.05) is 26.1 Å². The van der Waals surface area contributed by atoms with E-state index in [2.05, 4.69) is 34.6 Å². The number of pyridine rings is 1. The van der Waals surface area contributed by atoms with Crippen LogP contribution in [0.25, 0.3) is 11.0 Å². The highest BCUT2D eigenvalue weighted by Crippen LogP contribution is 2.38. The minimum atomic E-state index is -1.27. The van der Waals surface area contributed by atoms with Crippen molar-refractivity contribution in [2.45, 2.75) is 83.9 Å². The molecule has 39 heavy (non-hydrogen) atoms. The number of rotatable bonds is 12. The molecule has 210 valence electrons. The summed E-state index contributed by atoms with van der Waals surface area (Å²) >= 11 is 0. The number of hydrogen-bond acceptors (Lipinski definition) is 8. The van der Waals surface area contributed by atoms with Gasteiger partial charge in [0.15, 0.2) is 0 Å². The Balaban J connectivity index is 1.50. The van der Waals surface area contributed by atoms with Gasteiger partial charge in [-0.25, -0.2) is 4.98 Å². The zero-order valence-electron chi connectivity index (χ0n) is 23.7. The predicted molar refractivity (Wildman–Crippen MR) is 152 cm³/mol. The third-order valence-corrected chi connectivity index (χ3v) is 9.16. The third kappa shape index (κ3) is 6.16. The van der Waals surface area contributed by atoms with Crippen molar-refractivity contribution in [1.29, 1.82) is 0 Å². The molecule has 10 nitrogen and oxygen atoms in total. The number of methoxy groups -OCH3 is 1. The maximum atomic E-state index is 14.3. The molecule has 2 N–H and O–H groups in total. The summed E-state index contributed by atoms with van der Waals surface area (Å²) in [5, 5.41) is 0. The van der Waals surface area contributed by atoms with Gasteiger partial charge in [0.25, 0.3) is 5.91 Å². The maximum absolute atomic E-state index is 14.3. The molecule has 0 bridgehead atoms. The van der Waals surface area contributed by atoms with Gasteiger partial charge in [-0.15, -0.1) is 0 Å². The Labute approximate surface area is 230 Å². The van der Waals surface area contributed by atoms with Crippen molar-refractivity contribution in [3.63, 3.8) is 0 Å². The third-order valence-electron chi connectivity index (χ3n) is 7.46. The first kappa shape index (κ1) is 27.7. The van der Waals surface area contributed by atoms with E-state index in [0.717, 1.165) is 34.1 Å². The standard InChI is InChI=1S/C28H40N6O4Si/c1-18(14-36-2)33(13-20-11-31-24(12-30-20)19-6-7-19)28(35)25-10-23-26(21-15-38-16-22(21)27(29)32-23)34(25)17-37-8-9-39(3,4)5/h10-12,18-19H,6-9,13-17H2,1-5H3,(H2,29,32)/t18-/m1/s1. The molecule has 0 saturated heterocycles. The highest BCUT2D eigenvalue weighted by Gasteiger charge is 2.30. The second kappa shape index (κ2) is 11.3. The molecule has 1 atom stereocenters. The average Bonchev–Trinajstić information content (AvgIpc) is 3.50. The Morgan fingerprint density at radius 2 is 2.00 bits per heavy atom. The molecule has 3 aromatic rings. The van der Waals surface area contributed by atoms with Gasteiger partial charge in [-0.2, -0.15) is 0 Å². The van der Waals surface area contributed by atoms with E-state index in [1.165, 1.54) is 12.8 Å². The van der Waals surface area contributed by atoms with Crippen LogP contribution in [0, 0.1) is 0 Å². The number of carbonyl (C=O) groups excluding carboxylic acids is 1.